The zero-order valence-corrected chi connectivity index (χ0v) is 20.8. The number of hydrogen-bond acceptors (Lipinski definition) is 4. The third kappa shape index (κ3) is 5.92. The van der Waals surface area contributed by atoms with Gasteiger partial charge >= 0.3 is 0 Å². The van der Waals surface area contributed by atoms with Gasteiger partial charge in [-0.1, -0.05) is 54.0 Å². The SMILES string of the molecule is CCNC(=NCc1noc(C(C)(C)C)n1)NCC1(c2cccc(Br)c2)CC1.I. The zero-order valence-electron chi connectivity index (χ0n) is 16.9. The first kappa shape index (κ1) is 23.1. The number of rotatable bonds is 6. The molecule has 8 heteroatoms. The number of benzene rings is 1. The first-order chi connectivity index (χ1) is 12.8. The second kappa shape index (κ2) is 9.56. The maximum atomic E-state index is 5.34. The second-order valence-corrected chi connectivity index (χ2v) is 9.02. The van der Waals surface area contributed by atoms with Gasteiger partial charge in [0.15, 0.2) is 11.8 Å². The fraction of sp³-hybridized carbons (Fsp3) is 0.550. The smallest absolute Gasteiger partial charge is 0.232 e. The molecule has 2 aromatic rings. The van der Waals surface area contributed by atoms with E-state index >= 15 is 0 Å². The van der Waals surface area contributed by atoms with Gasteiger partial charge in [0.1, 0.15) is 6.54 Å². The molecule has 0 saturated heterocycles. The van der Waals surface area contributed by atoms with E-state index in [1.165, 1.54) is 18.4 Å². The molecule has 0 amide bonds. The normalized spacial score (nSPS) is 15.7. The van der Waals surface area contributed by atoms with Crippen LogP contribution in [0.1, 0.15) is 57.8 Å². The van der Waals surface area contributed by atoms with Crippen molar-refractivity contribution in [1.82, 2.24) is 20.8 Å². The van der Waals surface area contributed by atoms with Crippen molar-refractivity contribution in [2.24, 2.45) is 4.99 Å². The summed E-state index contributed by atoms with van der Waals surface area (Å²) in [5.41, 5.74) is 1.42. The van der Waals surface area contributed by atoms with Crippen molar-refractivity contribution < 1.29 is 4.52 Å². The molecule has 154 valence electrons. The average molecular weight is 562 g/mol. The fourth-order valence-electron chi connectivity index (χ4n) is 2.90. The summed E-state index contributed by atoms with van der Waals surface area (Å²) < 4.78 is 6.46. The Labute approximate surface area is 192 Å². The first-order valence-electron chi connectivity index (χ1n) is 9.44. The van der Waals surface area contributed by atoms with Crippen molar-refractivity contribution in [3.63, 3.8) is 0 Å². The molecule has 3 rings (SSSR count). The zero-order chi connectivity index (χ0) is 19.5. The van der Waals surface area contributed by atoms with Gasteiger partial charge in [-0.3, -0.25) is 0 Å². The van der Waals surface area contributed by atoms with Crippen LogP contribution in [0.25, 0.3) is 0 Å². The lowest BCUT2D eigenvalue weighted by Gasteiger charge is -2.19. The van der Waals surface area contributed by atoms with Gasteiger partial charge in [0.2, 0.25) is 5.89 Å². The highest BCUT2D eigenvalue weighted by Crippen LogP contribution is 2.48. The van der Waals surface area contributed by atoms with Gasteiger partial charge in [0, 0.05) is 28.4 Å². The summed E-state index contributed by atoms with van der Waals surface area (Å²) in [6.45, 7) is 10.3. The van der Waals surface area contributed by atoms with Crippen molar-refractivity contribution in [3.8, 4) is 0 Å². The lowest BCUT2D eigenvalue weighted by atomic mass is 9.96. The largest absolute Gasteiger partial charge is 0.357 e. The standard InChI is InChI=1S/C20H28BrN5O.HI/c1-5-22-18(23-12-16-25-17(27-26-16)19(2,3)4)24-13-20(9-10-20)14-7-6-8-15(21)11-14;/h6-8,11H,5,9-10,12-13H2,1-4H3,(H2,22,23,24);1H. The first-order valence-corrected chi connectivity index (χ1v) is 10.2. The Kier molecular flexibility index (Phi) is 7.89. The predicted octanol–water partition coefficient (Wildman–Crippen LogP) is 4.53. The van der Waals surface area contributed by atoms with Crippen LogP contribution in [-0.4, -0.2) is 29.2 Å². The monoisotopic (exact) mass is 561 g/mol. The maximum Gasteiger partial charge on any atom is 0.232 e. The molecule has 2 N–H and O–H groups in total. The third-order valence-corrected chi connectivity index (χ3v) is 5.21. The number of nitrogens with one attached hydrogen (secondary N) is 2. The molecule has 1 aliphatic carbocycles. The van der Waals surface area contributed by atoms with Crippen molar-refractivity contribution >= 4 is 45.9 Å². The molecule has 0 radical (unpaired) electrons. The van der Waals surface area contributed by atoms with Gasteiger partial charge in [-0.25, -0.2) is 4.99 Å². The molecule has 1 fully saturated rings. The summed E-state index contributed by atoms with van der Waals surface area (Å²) in [7, 11) is 0. The molecule has 6 nitrogen and oxygen atoms in total. The van der Waals surface area contributed by atoms with E-state index < -0.39 is 0 Å². The molecule has 0 unspecified atom stereocenters. The summed E-state index contributed by atoms with van der Waals surface area (Å²) in [6.07, 6.45) is 2.38. The molecule has 0 bridgehead atoms. The molecule has 1 heterocycles. The van der Waals surface area contributed by atoms with E-state index in [4.69, 9.17) is 4.52 Å². The van der Waals surface area contributed by atoms with Crippen LogP contribution in [-0.2, 0) is 17.4 Å². The van der Waals surface area contributed by atoms with E-state index in [-0.39, 0.29) is 34.8 Å². The molecular weight excluding hydrogens is 533 g/mol. The van der Waals surface area contributed by atoms with Crippen molar-refractivity contribution in [1.29, 1.82) is 0 Å². The topological polar surface area (TPSA) is 75.3 Å². The Bertz CT molecular complexity index is 811. The minimum Gasteiger partial charge on any atom is -0.357 e. The van der Waals surface area contributed by atoms with Gasteiger partial charge in [0.05, 0.1) is 0 Å². The minimum atomic E-state index is -0.153. The van der Waals surface area contributed by atoms with E-state index in [1.54, 1.807) is 0 Å². The number of hydrogen-bond donors (Lipinski definition) is 2. The fourth-order valence-corrected chi connectivity index (χ4v) is 3.30. The molecule has 1 aliphatic rings. The van der Waals surface area contributed by atoms with E-state index in [0.717, 1.165) is 23.5 Å². The highest BCUT2D eigenvalue weighted by Gasteiger charge is 2.44. The molecule has 1 saturated carbocycles. The number of nitrogens with zero attached hydrogens (tertiary/aromatic N) is 3. The molecule has 28 heavy (non-hydrogen) atoms. The number of halogens is 2. The van der Waals surface area contributed by atoms with Crippen molar-refractivity contribution in [3.05, 3.63) is 46.0 Å². The number of guanidine groups is 1. The van der Waals surface area contributed by atoms with Gasteiger partial charge in [-0.15, -0.1) is 24.0 Å². The summed E-state index contributed by atoms with van der Waals surface area (Å²) in [4.78, 5) is 9.07. The van der Waals surface area contributed by atoms with Crippen LogP contribution >= 0.6 is 39.9 Å². The van der Waals surface area contributed by atoms with E-state index in [0.29, 0.717) is 18.3 Å². The van der Waals surface area contributed by atoms with Gasteiger partial charge in [-0.05, 0) is 37.5 Å². The van der Waals surface area contributed by atoms with Crippen LogP contribution in [0.3, 0.4) is 0 Å². The van der Waals surface area contributed by atoms with Crippen LogP contribution in [0.15, 0.2) is 38.3 Å². The van der Waals surface area contributed by atoms with Crippen LogP contribution < -0.4 is 10.6 Å². The summed E-state index contributed by atoms with van der Waals surface area (Å²) in [5, 5.41) is 10.8. The van der Waals surface area contributed by atoms with E-state index in [9.17, 15) is 0 Å². The number of aromatic nitrogens is 2. The second-order valence-electron chi connectivity index (χ2n) is 8.11. The lowest BCUT2D eigenvalue weighted by molar-refractivity contribution is 0.318. The van der Waals surface area contributed by atoms with Crippen molar-refractivity contribution in [2.75, 3.05) is 13.1 Å². The Balaban J connectivity index is 0.00000280. The van der Waals surface area contributed by atoms with Crippen LogP contribution in [0.4, 0.5) is 0 Å². The van der Waals surface area contributed by atoms with E-state index in [2.05, 4.69) is 93.7 Å². The number of aliphatic imine (C=N–C) groups is 1. The van der Waals surface area contributed by atoms with Gasteiger partial charge < -0.3 is 15.2 Å². The summed E-state index contributed by atoms with van der Waals surface area (Å²) >= 11 is 3.57. The quantitative estimate of drug-likeness (QED) is 0.308. The third-order valence-electron chi connectivity index (χ3n) is 4.72. The molecular formula is C20H29BrIN5O. The summed E-state index contributed by atoms with van der Waals surface area (Å²) in [5.74, 6) is 2.02. The average Bonchev–Trinajstić information content (AvgIpc) is 3.25. The van der Waals surface area contributed by atoms with Crippen LogP contribution in [0.5, 0.6) is 0 Å². The van der Waals surface area contributed by atoms with Crippen molar-refractivity contribution in [2.45, 2.75) is 57.9 Å². The molecule has 0 aliphatic heterocycles. The van der Waals surface area contributed by atoms with Gasteiger partial charge in [0.25, 0.3) is 0 Å². The predicted molar refractivity (Wildman–Crippen MR) is 126 cm³/mol. The lowest BCUT2D eigenvalue weighted by Crippen LogP contribution is -2.41. The Morgan fingerprint density at radius 2 is 2.04 bits per heavy atom. The Morgan fingerprint density at radius 3 is 2.61 bits per heavy atom. The Hall–Kier alpha value is -1.16. The molecule has 1 aromatic heterocycles. The van der Waals surface area contributed by atoms with Crippen LogP contribution in [0.2, 0.25) is 0 Å². The minimum absolute atomic E-state index is 0. The summed E-state index contributed by atoms with van der Waals surface area (Å²) in [6, 6.07) is 8.58. The molecule has 0 spiro atoms. The molecule has 0 atom stereocenters. The van der Waals surface area contributed by atoms with E-state index in [1.807, 2.05) is 0 Å². The highest BCUT2D eigenvalue weighted by molar-refractivity contribution is 14.0. The maximum absolute atomic E-state index is 5.34. The van der Waals surface area contributed by atoms with Gasteiger partial charge in [-0.2, -0.15) is 4.98 Å². The highest BCUT2D eigenvalue weighted by atomic mass is 127. The van der Waals surface area contributed by atoms with Crippen LogP contribution in [0, 0.1) is 0 Å². The Morgan fingerprint density at radius 1 is 1.29 bits per heavy atom. The molecule has 1 aromatic carbocycles.